The number of hydrogen-bond donors (Lipinski definition) is 1. The Balaban J connectivity index is 1.28. The number of anilines is 1. The van der Waals surface area contributed by atoms with E-state index in [4.69, 9.17) is 5.10 Å². The van der Waals surface area contributed by atoms with E-state index >= 15 is 0 Å². The molecule has 9 nitrogen and oxygen atoms in total. The highest BCUT2D eigenvalue weighted by Gasteiger charge is 2.66. The zero-order valence-electron chi connectivity index (χ0n) is 26.1. The largest absolute Gasteiger partial charge is 0.384 e. The van der Waals surface area contributed by atoms with E-state index in [1.807, 2.05) is 30.0 Å². The Bertz CT molecular complexity index is 1750. The molecule has 2 bridgehead atoms. The normalized spacial score (nSPS) is 25.1. The number of piperidine rings is 1. The van der Waals surface area contributed by atoms with Crippen molar-refractivity contribution in [3.63, 3.8) is 0 Å². The van der Waals surface area contributed by atoms with E-state index in [1.165, 1.54) is 12.5 Å². The predicted octanol–water partition coefficient (Wildman–Crippen LogP) is 5.70. The Morgan fingerprint density at radius 1 is 1.04 bits per heavy atom. The molecule has 236 valence electrons. The first kappa shape index (κ1) is 30.3. The molecule has 1 N–H and O–H groups in total. The van der Waals surface area contributed by atoms with Crippen molar-refractivity contribution in [1.29, 1.82) is 0 Å². The fourth-order valence-electron chi connectivity index (χ4n) is 8.21. The molecule has 1 saturated carbocycles. The highest BCUT2D eigenvalue weighted by molar-refractivity contribution is 9.10. The molecule has 3 atom stereocenters. The smallest absolute Gasteiger partial charge is 0.245 e. The van der Waals surface area contributed by atoms with Crippen LogP contribution >= 0.6 is 15.9 Å². The van der Waals surface area contributed by atoms with Gasteiger partial charge in [0.2, 0.25) is 5.91 Å². The van der Waals surface area contributed by atoms with Crippen LogP contribution in [0.15, 0.2) is 22.8 Å². The minimum absolute atomic E-state index is 0.0244. The first-order chi connectivity index (χ1) is 21.6. The molecular formula is C35H40BrN5O4. The van der Waals surface area contributed by atoms with Crippen molar-refractivity contribution in [2.45, 2.75) is 110 Å². The van der Waals surface area contributed by atoms with Crippen LogP contribution in [0, 0.1) is 12.3 Å². The summed E-state index contributed by atoms with van der Waals surface area (Å²) in [6, 6.07) is 5.18. The number of benzene rings is 1. The van der Waals surface area contributed by atoms with Crippen LogP contribution in [-0.2, 0) is 40.2 Å². The topological polar surface area (TPSA) is 114 Å². The Hall–Kier alpha value is -3.40. The summed E-state index contributed by atoms with van der Waals surface area (Å²) in [5, 5.41) is 9.03. The Kier molecular flexibility index (Phi) is 7.90. The van der Waals surface area contributed by atoms with Crippen molar-refractivity contribution in [2.24, 2.45) is 5.41 Å². The fourth-order valence-corrected chi connectivity index (χ4v) is 8.56. The van der Waals surface area contributed by atoms with Gasteiger partial charge < -0.3 is 10.2 Å². The number of rotatable bonds is 4. The summed E-state index contributed by atoms with van der Waals surface area (Å²) in [6.45, 7) is 4.27. The van der Waals surface area contributed by atoms with Gasteiger partial charge in [0.1, 0.15) is 22.6 Å². The number of ketones is 3. The van der Waals surface area contributed by atoms with Crippen LogP contribution < -0.4 is 5.32 Å². The number of Topliss-reactive ketones (excluding diaryl/α,β-unsaturated/α-hetero) is 3. The number of fused-ring (bicyclic) bond motifs is 2. The third-order valence-electron chi connectivity index (χ3n) is 10.7. The van der Waals surface area contributed by atoms with Gasteiger partial charge in [0.05, 0.1) is 23.7 Å². The molecule has 1 saturated heterocycles. The molecule has 3 aliphatic heterocycles. The number of amides is 1. The number of pyridine rings is 1. The minimum atomic E-state index is -0.576. The molecule has 0 unspecified atom stereocenters. The van der Waals surface area contributed by atoms with E-state index < -0.39 is 6.04 Å². The zero-order chi connectivity index (χ0) is 31.5. The molecule has 1 aromatic carbocycles. The number of nitrogens with one attached hydrogen (secondary N) is 1. The highest BCUT2D eigenvalue weighted by atomic mass is 79.9. The summed E-state index contributed by atoms with van der Waals surface area (Å²) in [4.78, 5) is 60.5. The summed E-state index contributed by atoms with van der Waals surface area (Å²) in [5.41, 5.74) is 6.14. The fraction of sp³-hybridized carbons (Fsp3) is 0.543. The average molecular weight is 675 g/mol. The van der Waals surface area contributed by atoms with Gasteiger partial charge in [-0.05, 0) is 102 Å². The summed E-state index contributed by atoms with van der Waals surface area (Å²) >= 11 is 3.43. The number of nitrogens with zero attached hydrogens (tertiary/aromatic N) is 4. The Labute approximate surface area is 271 Å². The second-order valence-corrected chi connectivity index (χ2v) is 14.4. The van der Waals surface area contributed by atoms with Gasteiger partial charge in [-0.3, -0.25) is 23.9 Å². The molecule has 2 fully saturated rings. The van der Waals surface area contributed by atoms with Crippen LogP contribution in [0.2, 0.25) is 0 Å². The molecule has 2 aromatic heterocycles. The van der Waals surface area contributed by atoms with Crippen LogP contribution in [0.25, 0.3) is 10.9 Å². The quantitative estimate of drug-likeness (QED) is 0.279. The molecule has 3 aromatic rings. The number of aryl methyl sites for hydroxylation is 2. The molecule has 0 radical (unpaired) electrons. The second-order valence-electron chi connectivity index (χ2n) is 13.6. The van der Waals surface area contributed by atoms with Gasteiger partial charge in [-0.25, -0.2) is 4.98 Å². The van der Waals surface area contributed by atoms with Gasteiger partial charge in [0, 0.05) is 43.4 Å². The first-order valence-corrected chi connectivity index (χ1v) is 17.2. The first-order valence-electron chi connectivity index (χ1n) is 16.4. The van der Waals surface area contributed by atoms with Gasteiger partial charge in [0.25, 0.3) is 0 Å². The van der Waals surface area contributed by atoms with Crippen molar-refractivity contribution in [2.75, 3.05) is 11.9 Å². The summed E-state index contributed by atoms with van der Waals surface area (Å²) in [5.74, 6) is -0.0270. The van der Waals surface area contributed by atoms with Crippen molar-refractivity contribution < 1.29 is 19.2 Å². The third-order valence-corrected chi connectivity index (χ3v) is 11.1. The Morgan fingerprint density at radius 3 is 2.64 bits per heavy atom. The summed E-state index contributed by atoms with van der Waals surface area (Å²) in [6.07, 6.45) is 8.90. The van der Waals surface area contributed by atoms with Crippen LogP contribution in [0.1, 0.15) is 97.6 Å². The van der Waals surface area contributed by atoms with Gasteiger partial charge in [-0.15, -0.1) is 0 Å². The minimum Gasteiger partial charge on any atom is -0.384 e. The standard InChI is InChI=1S/C35H40BrN5O4/c1-20-9-10-31(36)38-26(20)16-29(44)28-17-35-13-11-22(43)7-5-3-4-6-8-24-23-12-14-37-27(23)15-25-33(21(2)42)39-40(34(24)25)19-32(45)41(28)30(35)18-35/h9-10,15,28,30,37H,3-8,11-14,16-19H2,1-2H3/t28-,30+,35-/m0/s1. The molecule has 5 heterocycles. The third kappa shape index (κ3) is 5.53. The van der Waals surface area contributed by atoms with Gasteiger partial charge in [-0.1, -0.05) is 18.9 Å². The molecule has 10 heteroatoms. The van der Waals surface area contributed by atoms with Crippen molar-refractivity contribution in [3.8, 4) is 0 Å². The maximum absolute atomic E-state index is 14.4. The maximum atomic E-state index is 14.4. The molecule has 45 heavy (non-hydrogen) atoms. The van der Waals surface area contributed by atoms with Crippen LogP contribution in [0.3, 0.4) is 0 Å². The molecule has 1 amide bonds. The number of carbonyl (C=O) groups is 4. The van der Waals surface area contributed by atoms with Crippen molar-refractivity contribution in [1.82, 2.24) is 19.7 Å². The van der Waals surface area contributed by atoms with Gasteiger partial charge >= 0.3 is 0 Å². The molecule has 0 spiro atoms. The molecule has 7 rings (SSSR count). The van der Waals surface area contributed by atoms with Crippen molar-refractivity contribution >= 4 is 55.8 Å². The Morgan fingerprint density at radius 2 is 1.84 bits per heavy atom. The van der Waals surface area contributed by atoms with E-state index in [2.05, 4.69) is 26.2 Å². The molecule has 4 aliphatic rings. The lowest BCUT2D eigenvalue weighted by molar-refractivity contribution is -0.139. The monoisotopic (exact) mass is 673 g/mol. The lowest BCUT2D eigenvalue weighted by atomic mass is 9.89. The van der Waals surface area contributed by atoms with Crippen LogP contribution in [0.5, 0.6) is 0 Å². The van der Waals surface area contributed by atoms with E-state index in [9.17, 15) is 19.2 Å². The number of aromatic nitrogens is 3. The summed E-state index contributed by atoms with van der Waals surface area (Å²) < 4.78 is 2.42. The average Bonchev–Trinajstić information content (AvgIpc) is 3.30. The molecular weight excluding hydrogens is 634 g/mol. The lowest BCUT2D eigenvalue weighted by Crippen LogP contribution is -2.45. The SMILES string of the molecule is CC(=O)c1nn2c3c(c4c(cc13)NCC4)CCCCCCC(=O)CC[C@@]13C[C@@H](C(=O)Cc4nc(Br)ccc4C)N(C(=O)C2)[C@@H]1C3. The van der Waals surface area contributed by atoms with Gasteiger partial charge in [-0.2, -0.15) is 5.10 Å². The van der Waals surface area contributed by atoms with Gasteiger partial charge in [0.15, 0.2) is 11.6 Å². The number of halogens is 1. The lowest BCUT2D eigenvalue weighted by Gasteiger charge is -2.27. The van der Waals surface area contributed by atoms with E-state index in [0.717, 1.165) is 79.2 Å². The second kappa shape index (κ2) is 11.8. The van der Waals surface area contributed by atoms with E-state index in [0.29, 0.717) is 41.7 Å². The zero-order valence-corrected chi connectivity index (χ0v) is 27.7. The number of carbonyl (C=O) groups excluding carboxylic acids is 4. The van der Waals surface area contributed by atoms with Crippen molar-refractivity contribution in [3.05, 3.63) is 50.9 Å². The summed E-state index contributed by atoms with van der Waals surface area (Å²) in [7, 11) is 0. The predicted molar refractivity (Wildman–Crippen MR) is 174 cm³/mol. The van der Waals surface area contributed by atoms with E-state index in [1.54, 1.807) is 4.68 Å². The highest BCUT2D eigenvalue weighted by Crippen LogP contribution is 2.62. The maximum Gasteiger partial charge on any atom is 0.245 e. The molecule has 1 aliphatic carbocycles. The van der Waals surface area contributed by atoms with E-state index in [-0.39, 0.29) is 47.7 Å². The number of hydrogen-bond acceptors (Lipinski definition) is 7. The van der Waals surface area contributed by atoms with Crippen LogP contribution in [0.4, 0.5) is 5.69 Å². The van der Waals surface area contributed by atoms with Crippen LogP contribution in [-0.4, -0.2) is 61.5 Å².